The van der Waals surface area contributed by atoms with Crippen molar-refractivity contribution in [1.82, 2.24) is 30.0 Å². The van der Waals surface area contributed by atoms with E-state index in [1.165, 1.54) is 0 Å². The van der Waals surface area contributed by atoms with Crippen LogP contribution in [0.15, 0.2) is 32.0 Å². The van der Waals surface area contributed by atoms with Gasteiger partial charge in [0.2, 0.25) is 5.89 Å². The second-order valence-electron chi connectivity index (χ2n) is 7.51. The van der Waals surface area contributed by atoms with Crippen molar-refractivity contribution in [3.8, 4) is 11.7 Å². The van der Waals surface area contributed by atoms with E-state index in [2.05, 4.69) is 25.0 Å². The molecule has 1 N–H and O–H groups in total. The first-order valence-electron chi connectivity index (χ1n) is 9.86. The minimum atomic E-state index is -0.0424. The first kappa shape index (κ1) is 19.2. The van der Waals surface area contributed by atoms with Crippen molar-refractivity contribution in [2.75, 3.05) is 26.2 Å². The van der Waals surface area contributed by atoms with Gasteiger partial charge in [0.05, 0.1) is 24.7 Å². The molecule has 0 unspecified atom stereocenters. The number of nitrogens with zero attached hydrogens (tertiary/aromatic N) is 5. The Morgan fingerprint density at radius 3 is 2.63 bits per heavy atom. The molecule has 0 spiro atoms. The number of aromatic amines is 1. The molecule has 1 fully saturated rings. The predicted octanol–water partition coefficient (Wildman–Crippen LogP) is 2.56. The lowest BCUT2D eigenvalue weighted by Gasteiger charge is -2.33. The average molecular weight is 427 g/mol. The number of aromatic nitrogens is 4. The summed E-state index contributed by atoms with van der Waals surface area (Å²) in [7, 11) is 0. The average Bonchev–Trinajstić information content (AvgIpc) is 3.45. The molecule has 1 aliphatic heterocycles. The van der Waals surface area contributed by atoms with Gasteiger partial charge in [0.15, 0.2) is 5.76 Å². The van der Waals surface area contributed by atoms with Gasteiger partial charge in [0.1, 0.15) is 10.7 Å². The highest BCUT2D eigenvalue weighted by molar-refractivity contribution is 7.18. The number of hydrogen-bond acceptors (Lipinski definition) is 9. The van der Waals surface area contributed by atoms with Crippen molar-refractivity contribution in [3.05, 3.63) is 50.9 Å². The van der Waals surface area contributed by atoms with Gasteiger partial charge < -0.3 is 13.8 Å². The highest BCUT2D eigenvalue weighted by Crippen LogP contribution is 2.26. The summed E-state index contributed by atoms with van der Waals surface area (Å²) < 4.78 is 11.0. The number of nitrogens with one attached hydrogen (secondary N) is 1. The second kappa shape index (κ2) is 7.78. The molecule has 4 aromatic heterocycles. The molecule has 5 heterocycles. The largest absolute Gasteiger partial charge is 0.459 e. The molecule has 1 saturated heterocycles. The zero-order chi connectivity index (χ0) is 20.7. The summed E-state index contributed by atoms with van der Waals surface area (Å²) in [5.41, 5.74) is 0.986. The van der Waals surface area contributed by atoms with E-state index in [0.29, 0.717) is 30.6 Å². The summed E-state index contributed by atoms with van der Waals surface area (Å²) in [5, 5.41) is 8.89. The summed E-state index contributed by atoms with van der Waals surface area (Å²) in [6.45, 7) is 8.76. The number of hydrogen-bond donors (Lipinski definition) is 1. The molecule has 9 nitrogen and oxygen atoms in total. The van der Waals surface area contributed by atoms with Crippen LogP contribution in [-0.4, -0.2) is 56.1 Å². The van der Waals surface area contributed by atoms with Crippen molar-refractivity contribution in [2.24, 2.45) is 0 Å². The number of aryl methyl sites for hydroxylation is 2. The summed E-state index contributed by atoms with van der Waals surface area (Å²) in [6.07, 6.45) is 1.58. The molecule has 30 heavy (non-hydrogen) atoms. The Bertz CT molecular complexity index is 1220. The van der Waals surface area contributed by atoms with Gasteiger partial charge in [-0.15, -0.1) is 21.5 Å². The third-order valence-corrected chi connectivity index (χ3v) is 6.59. The van der Waals surface area contributed by atoms with E-state index >= 15 is 0 Å². The topological polar surface area (TPSA) is 104 Å². The van der Waals surface area contributed by atoms with Gasteiger partial charge in [0.25, 0.3) is 11.4 Å². The molecule has 0 atom stereocenters. The molecule has 0 radical (unpaired) electrons. The molecule has 1 aliphatic rings. The van der Waals surface area contributed by atoms with Crippen LogP contribution >= 0.6 is 11.3 Å². The maximum Gasteiger partial charge on any atom is 0.283 e. The standard InChI is InChI=1S/C20H22N6O3S/c1-12-13(2)30-20-17(12)18(27)21-15(22-20)10-25-5-7-26(8-6-25)11-16-23-24-19(29-16)14-4-3-9-28-14/h3-4,9H,5-8,10-11H2,1-2H3,(H,21,22,27). The smallest absolute Gasteiger partial charge is 0.283 e. The summed E-state index contributed by atoms with van der Waals surface area (Å²) in [5.74, 6) is 2.28. The van der Waals surface area contributed by atoms with Crippen molar-refractivity contribution in [2.45, 2.75) is 26.9 Å². The Morgan fingerprint density at radius 1 is 1.13 bits per heavy atom. The lowest BCUT2D eigenvalue weighted by atomic mass is 10.2. The van der Waals surface area contributed by atoms with Crippen molar-refractivity contribution in [3.63, 3.8) is 0 Å². The quantitative estimate of drug-likeness (QED) is 0.519. The summed E-state index contributed by atoms with van der Waals surface area (Å²) in [6, 6.07) is 3.59. The molecular weight excluding hydrogens is 404 g/mol. The lowest BCUT2D eigenvalue weighted by Crippen LogP contribution is -2.45. The predicted molar refractivity (Wildman–Crippen MR) is 112 cm³/mol. The molecule has 4 aromatic rings. The van der Waals surface area contributed by atoms with E-state index < -0.39 is 0 Å². The number of rotatable bonds is 5. The van der Waals surface area contributed by atoms with Gasteiger partial charge in [-0.2, -0.15) is 0 Å². The molecule has 0 amide bonds. The van der Waals surface area contributed by atoms with Crippen LogP contribution < -0.4 is 5.56 Å². The van der Waals surface area contributed by atoms with Gasteiger partial charge >= 0.3 is 0 Å². The van der Waals surface area contributed by atoms with Crippen LogP contribution in [-0.2, 0) is 13.1 Å². The first-order valence-corrected chi connectivity index (χ1v) is 10.7. The molecular formula is C20H22N6O3S. The number of piperazine rings is 1. The molecule has 0 aliphatic carbocycles. The Morgan fingerprint density at radius 2 is 1.90 bits per heavy atom. The summed E-state index contributed by atoms with van der Waals surface area (Å²) >= 11 is 1.58. The van der Waals surface area contributed by atoms with Gasteiger partial charge in [-0.25, -0.2) is 4.98 Å². The van der Waals surface area contributed by atoms with E-state index in [-0.39, 0.29) is 5.56 Å². The Balaban J connectivity index is 1.19. The molecule has 0 aromatic carbocycles. The number of thiophene rings is 1. The molecule has 0 saturated carbocycles. The zero-order valence-electron chi connectivity index (χ0n) is 16.8. The van der Waals surface area contributed by atoms with Crippen molar-refractivity contribution in [1.29, 1.82) is 0 Å². The molecule has 10 heteroatoms. The van der Waals surface area contributed by atoms with Crippen molar-refractivity contribution >= 4 is 21.6 Å². The van der Waals surface area contributed by atoms with E-state index in [1.807, 2.05) is 13.8 Å². The van der Waals surface area contributed by atoms with Crippen molar-refractivity contribution < 1.29 is 8.83 Å². The van der Waals surface area contributed by atoms with Crippen LogP contribution in [0.5, 0.6) is 0 Å². The third-order valence-electron chi connectivity index (χ3n) is 5.48. The molecule has 156 valence electrons. The molecule has 5 rings (SSSR count). The fourth-order valence-electron chi connectivity index (χ4n) is 3.70. The van der Waals surface area contributed by atoms with Gasteiger partial charge in [-0.3, -0.25) is 14.6 Å². The van der Waals surface area contributed by atoms with Crippen LogP contribution in [0.2, 0.25) is 0 Å². The minimum absolute atomic E-state index is 0.0424. The maximum absolute atomic E-state index is 12.5. The Kier molecular flexibility index (Phi) is 4.97. The normalized spacial score (nSPS) is 15.9. The van der Waals surface area contributed by atoms with E-state index in [0.717, 1.165) is 52.7 Å². The van der Waals surface area contributed by atoms with Crippen LogP contribution in [0.1, 0.15) is 22.2 Å². The second-order valence-corrected chi connectivity index (χ2v) is 8.71. The number of fused-ring (bicyclic) bond motifs is 1. The highest BCUT2D eigenvalue weighted by Gasteiger charge is 2.21. The number of H-pyrrole nitrogens is 1. The fraction of sp³-hybridized carbons (Fsp3) is 0.400. The number of furan rings is 1. The lowest BCUT2D eigenvalue weighted by molar-refractivity contribution is 0.112. The van der Waals surface area contributed by atoms with E-state index in [1.54, 1.807) is 29.7 Å². The minimum Gasteiger partial charge on any atom is -0.459 e. The van der Waals surface area contributed by atoms with Crippen LogP contribution in [0.4, 0.5) is 0 Å². The van der Waals surface area contributed by atoms with Crippen LogP contribution in [0.25, 0.3) is 21.9 Å². The third kappa shape index (κ3) is 3.69. The van der Waals surface area contributed by atoms with Crippen LogP contribution in [0, 0.1) is 13.8 Å². The highest BCUT2D eigenvalue weighted by atomic mass is 32.1. The fourth-order valence-corrected chi connectivity index (χ4v) is 4.75. The van der Waals surface area contributed by atoms with Gasteiger partial charge in [-0.1, -0.05) is 0 Å². The Hall–Kier alpha value is -2.82. The monoisotopic (exact) mass is 426 g/mol. The van der Waals surface area contributed by atoms with E-state index in [9.17, 15) is 4.79 Å². The van der Waals surface area contributed by atoms with E-state index in [4.69, 9.17) is 13.8 Å². The van der Waals surface area contributed by atoms with Gasteiger partial charge in [0, 0.05) is 31.1 Å². The SMILES string of the molecule is Cc1sc2nc(CN3CCN(Cc4nnc(-c5ccco5)o4)CC3)[nH]c(=O)c2c1C. The first-order chi connectivity index (χ1) is 14.6. The Labute approximate surface area is 176 Å². The molecule has 0 bridgehead atoms. The summed E-state index contributed by atoms with van der Waals surface area (Å²) in [4.78, 5) is 26.7. The maximum atomic E-state index is 12.5. The zero-order valence-corrected chi connectivity index (χ0v) is 17.7. The van der Waals surface area contributed by atoms with Crippen LogP contribution in [0.3, 0.4) is 0 Å². The van der Waals surface area contributed by atoms with Gasteiger partial charge in [-0.05, 0) is 31.5 Å².